The van der Waals surface area contributed by atoms with Crippen LogP contribution in [0.2, 0.25) is 0 Å². The third-order valence-corrected chi connectivity index (χ3v) is 4.21. The number of nitrogens with one attached hydrogen (secondary N) is 3. The van der Waals surface area contributed by atoms with Gasteiger partial charge in [-0.3, -0.25) is 9.59 Å². The normalized spacial score (nSPS) is 10.2. The fraction of sp³-hybridized carbons (Fsp3) is 0.130. The van der Waals surface area contributed by atoms with E-state index in [-0.39, 0.29) is 18.4 Å². The van der Waals surface area contributed by atoms with E-state index < -0.39 is 0 Å². The number of hydrogen-bond donors (Lipinski definition) is 3. The Morgan fingerprint density at radius 2 is 1.54 bits per heavy atom. The van der Waals surface area contributed by atoms with E-state index in [2.05, 4.69) is 16.0 Å². The summed E-state index contributed by atoms with van der Waals surface area (Å²) in [5.41, 5.74) is 4.23. The minimum Gasteiger partial charge on any atom is -0.376 e. The molecule has 3 N–H and O–H groups in total. The van der Waals surface area contributed by atoms with E-state index in [1.807, 2.05) is 67.6 Å². The molecule has 0 spiro atoms. The van der Waals surface area contributed by atoms with Gasteiger partial charge in [0.15, 0.2) is 0 Å². The van der Waals surface area contributed by atoms with E-state index in [4.69, 9.17) is 0 Å². The van der Waals surface area contributed by atoms with Crippen LogP contribution >= 0.6 is 0 Å². The molecule has 142 valence electrons. The highest BCUT2D eigenvalue weighted by Crippen LogP contribution is 2.15. The molecule has 2 amide bonds. The number of benzene rings is 3. The van der Waals surface area contributed by atoms with Crippen molar-refractivity contribution in [3.05, 3.63) is 95.6 Å². The zero-order valence-electron chi connectivity index (χ0n) is 15.7. The fourth-order valence-corrected chi connectivity index (χ4v) is 2.70. The molecule has 0 aliphatic heterocycles. The maximum absolute atomic E-state index is 12.3. The molecule has 3 aromatic rings. The van der Waals surface area contributed by atoms with Gasteiger partial charge in [0, 0.05) is 23.5 Å². The Balaban J connectivity index is 1.46. The first-order valence-corrected chi connectivity index (χ1v) is 9.13. The lowest BCUT2D eigenvalue weighted by molar-refractivity contribution is -0.119. The molecule has 0 atom stereocenters. The van der Waals surface area contributed by atoms with Gasteiger partial charge in [0.1, 0.15) is 0 Å². The van der Waals surface area contributed by atoms with Crippen LogP contribution in [-0.4, -0.2) is 18.4 Å². The molecule has 5 nitrogen and oxygen atoms in total. The maximum Gasteiger partial charge on any atom is 0.255 e. The van der Waals surface area contributed by atoms with Crippen LogP contribution in [0.15, 0.2) is 78.9 Å². The highest BCUT2D eigenvalue weighted by Gasteiger charge is 2.06. The zero-order chi connectivity index (χ0) is 19.8. The number of rotatable bonds is 7. The molecule has 0 aromatic heterocycles. The summed E-state index contributed by atoms with van der Waals surface area (Å²) < 4.78 is 0. The summed E-state index contributed by atoms with van der Waals surface area (Å²) in [6.07, 6.45) is 0. The molecule has 0 bridgehead atoms. The lowest BCUT2D eigenvalue weighted by Gasteiger charge is -2.10. The number of anilines is 2. The maximum atomic E-state index is 12.3. The van der Waals surface area contributed by atoms with Crippen molar-refractivity contribution in [1.29, 1.82) is 0 Å². The average molecular weight is 373 g/mol. The van der Waals surface area contributed by atoms with Gasteiger partial charge >= 0.3 is 0 Å². The summed E-state index contributed by atoms with van der Waals surface area (Å²) in [6.45, 7) is 2.64. The van der Waals surface area contributed by atoms with Crippen LogP contribution in [0.1, 0.15) is 21.5 Å². The summed E-state index contributed by atoms with van der Waals surface area (Å²) in [4.78, 5) is 24.2. The topological polar surface area (TPSA) is 70.2 Å². The summed E-state index contributed by atoms with van der Waals surface area (Å²) in [5.74, 6) is -0.231. The average Bonchev–Trinajstić information content (AvgIpc) is 2.72. The van der Waals surface area contributed by atoms with E-state index in [0.717, 1.165) is 16.8 Å². The predicted molar refractivity (Wildman–Crippen MR) is 112 cm³/mol. The number of amides is 2. The van der Waals surface area contributed by atoms with Crippen molar-refractivity contribution >= 4 is 23.2 Å². The highest BCUT2D eigenvalue weighted by atomic mass is 16.2. The number of hydrogen-bond acceptors (Lipinski definition) is 3. The van der Waals surface area contributed by atoms with Gasteiger partial charge in [-0.1, -0.05) is 48.0 Å². The highest BCUT2D eigenvalue weighted by molar-refractivity contribution is 6.04. The van der Waals surface area contributed by atoms with Crippen LogP contribution in [0, 0.1) is 6.92 Å². The molecule has 0 radical (unpaired) electrons. The van der Waals surface area contributed by atoms with E-state index in [0.29, 0.717) is 17.8 Å². The van der Waals surface area contributed by atoms with E-state index in [9.17, 15) is 9.59 Å². The Bertz CT molecular complexity index is 938. The van der Waals surface area contributed by atoms with Gasteiger partial charge in [0.2, 0.25) is 5.91 Å². The standard InChI is InChI=1S/C23H23N3O2/c1-17-6-5-9-19(14-17)23(28)26-21-12-10-20(11-13-21)24-16-22(27)25-15-18-7-3-2-4-8-18/h2-14,24H,15-16H2,1H3,(H,25,27)(H,26,28). The third-order valence-electron chi connectivity index (χ3n) is 4.21. The van der Waals surface area contributed by atoms with Crippen LogP contribution in [0.25, 0.3) is 0 Å². The summed E-state index contributed by atoms with van der Waals surface area (Å²) in [6, 6.07) is 24.5. The van der Waals surface area contributed by atoms with Crippen LogP contribution in [-0.2, 0) is 11.3 Å². The van der Waals surface area contributed by atoms with Crippen LogP contribution in [0.5, 0.6) is 0 Å². The monoisotopic (exact) mass is 373 g/mol. The molecule has 0 unspecified atom stereocenters. The van der Waals surface area contributed by atoms with Crippen molar-refractivity contribution in [1.82, 2.24) is 5.32 Å². The van der Waals surface area contributed by atoms with Crippen LogP contribution in [0.4, 0.5) is 11.4 Å². The van der Waals surface area contributed by atoms with Crippen molar-refractivity contribution in [3.63, 3.8) is 0 Å². The number of carbonyl (C=O) groups is 2. The quantitative estimate of drug-likeness (QED) is 0.587. The van der Waals surface area contributed by atoms with E-state index >= 15 is 0 Å². The van der Waals surface area contributed by atoms with Crippen LogP contribution in [0.3, 0.4) is 0 Å². The first-order chi connectivity index (χ1) is 13.6. The summed E-state index contributed by atoms with van der Waals surface area (Å²) in [7, 11) is 0. The molecular weight excluding hydrogens is 350 g/mol. The first-order valence-electron chi connectivity index (χ1n) is 9.13. The Hall–Kier alpha value is -3.60. The molecule has 0 aliphatic rings. The molecule has 3 rings (SSSR count). The molecule has 0 fully saturated rings. The van der Waals surface area contributed by atoms with Gasteiger partial charge in [-0.25, -0.2) is 0 Å². The Morgan fingerprint density at radius 3 is 2.25 bits per heavy atom. The smallest absolute Gasteiger partial charge is 0.255 e. The van der Waals surface area contributed by atoms with Gasteiger partial charge in [-0.05, 0) is 48.9 Å². The first kappa shape index (κ1) is 19.2. The molecule has 0 saturated carbocycles. The number of carbonyl (C=O) groups excluding carboxylic acids is 2. The molecule has 0 saturated heterocycles. The lowest BCUT2D eigenvalue weighted by Crippen LogP contribution is -2.29. The zero-order valence-corrected chi connectivity index (χ0v) is 15.7. The predicted octanol–water partition coefficient (Wildman–Crippen LogP) is 3.98. The Labute approximate surface area is 164 Å². The molecule has 3 aromatic carbocycles. The molecule has 28 heavy (non-hydrogen) atoms. The number of aryl methyl sites for hydroxylation is 1. The third kappa shape index (κ3) is 5.71. The molecule has 0 heterocycles. The van der Waals surface area contributed by atoms with E-state index in [1.54, 1.807) is 18.2 Å². The van der Waals surface area contributed by atoms with Gasteiger partial charge in [-0.2, -0.15) is 0 Å². The van der Waals surface area contributed by atoms with Crippen molar-refractivity contribution in [2.45, 2.75) is 13.5 Å². The minimum absolute atomic E-state index is 0.0827. The molecule has 0 aliphatic carbocycles. The van der Waals surface area contributed by atoms with Gasteiger partial charge in [0.25, 0.3) is 5.91 Å². The lowest BCUT2D eigenvalue weighted by atomic mass is 10.1. The van der Waals surface area contributed by atoms with Crippen molar-refractivity contribution in [2.24, 2.45) is 0 Å². The largest absolute Gasteiger partial charge is 0.376 e. The Kier molecular flexibility index (Phi) is 6.41. The fourth-order valence-electron chi connectivity index (χ4n) is 2.70. The second-order valence-corrected chi connectivity index (χ2v) is 6.52. The van der Waals surface area contributed by atoms with E-state index in [1.165, 1.54) is 0 Å². The van der Waals surface area contributed by atoms with Crippen molar-refractivity contribution in [2.75, 3.05) is 17.2 Å². The van der Waals surface area contributed by atoms with Gasteiger partial charge < -0.3 is 16.0 Å². The van der Waals surface area contributed by atoms with Crippen LogP contribution < -0.4 is 16.0 Å². The molecule has 5 heteroatoms. The SMILES string of the molecule is Cc1cccc(C(=O)Nc2ccc(NCC(=O)NCc3ccccc3)cc2)c1. The van der Waals surface area contributed by atoms with Gasteiger partial charge in [-0.15, -0.1) is 0 Å². The van der Waals surface area contributed by atoms with Crippen molar-refractivity contribution in [3.8, 4) is 0 Å². The van der Waals surface area contributed by atoms with Gasteiger partial charge in [0.05, 0.1) is 6.54 Å². The summed E-state index contributed by atoms with van der Waals surface area (Å²) >= 11 is 0. The molecular formula is C23H23N3O2. The van der Waals surface area contributed by atoms with Crippen molar-refractivity contribution < 1.29 is 9.59 Å². The Morgan fingerprint density at radius 1 is 0.821 bits per heavy atom. The second kappa shape index (κ2) is 9.37. The minimum atomic E-state index is -0.148. The summed E-state index contributed by atoms with van der Waals surface area (Å²) in [5, 5.41) is 8.82. The second-order valence-electron chi connectivity index (χ2n) is 6.52.